The van der Waals surface area contributed by atoms with Crippen molar-refractivity contribution in [2.45, 2.75) is 5.94 Å². The van der Waals surface area contributed by atoms with Crippen molar-refractivity contribution in [3.63, 3.8) is 0 Å². The molecule has 1 aliphatic heterocycles. The number of hydrogen-bond donors (Lipinski definition) is 2. The molecule has 0 spiro atoms. The zero-order valence-electron chi connectivity index (χ0n) is 6.74. The van der Waals surface area contributed by atoms with Gasteiger partial charge in [-0.05, 0) is 0 Å². The van der Waals surface area contributed by atoms with Crippen LogP contribution in [0.5, 0.6) is 0 Å². The molecule has 0 aliphatic carbocycles. The molecule has 1 unspecified atom stereocenters. The van der Waals surface area contributed by atoms with Crippen LogP contribution >= 0.6 is 0 Å². The summed E-state index contributed by atoms with van der Waals surface area (Å²) in [5.41, 5.74) is -0.523. The van der Waals surface area contributed by atoms with Crippen LogP contribution in [0.3, 0.4) is 0 Å². The first-order chi connectivity index (χ1) is 5.46. The maximum atomic E-state index is 11.1. The van der Waals surface area contributed by atoms with E-state index in [4.69, 9.17) is 5.11 Å². The maximum Gasteiger partial charge on any atom is 0.344 e. The number of carboxylic acid groups (broad SMARTS) is 1. The molecular formula is C6H8BNO4. The van der Waals surface area contributed by atoms with E-state index in [0.717, 1.165) is 0 Å². The standard InChI is InChI=1S/C6H8BNO4/c1-8-4(7)3(9)2(5(8)10)6(11)12/h4,9H,7H2,1H3,(H,11,12). The predicted molar refractivity (Wildman–Crippen MR) is 42.4 cm³/mol. The molecule has 0 saturated heterocycles. The van der Waals surface area contributed by atoms with Gasteiger partial charge in [-0.3, -0.25) is 4.79 Å². The molecule has 0 fully saturated rings. The number of rotatable bonds is 1. The molecule has 0 bridgehead atoms. The minimum atomic E-state index is -1.38. The number of amides is 1. The van der Waals surface area contributed by atoms with Crippen molar-refractivity contribution in [3.05, 3.63) is 11.3 Å². The lowest BCUT2D eigenvalue weighted by atomic mass is 9.94. The normalized spacial score (nSPS) is 23.6. The van der Waals surface area contributed by atoms with Crippen molar-refractivity contribution < 1.29 is 19.8 Å². The van der Waals surface area contributed by atoms with E-state index in [-0.39, 0.29) is 5.76 Å². The van der Waals surface area contributed by atoms with Crippen LogP contribution in [0.2, 0.25) is 0 Å². The van der Waals surface area contributed by atoms with Crippen molar-refractivity contribution in [3.8, 4) is 0 Å². The third kappa shape index (κ3) is 0.957. The zero-order chi connectivity index (χ0) is 9.46. The van der Waals surface area contributed by atoms with Gasteiger partial charge in [0, 0.05) is 7.05 Å². The zero-order valence-corrected chi connectivity index (χ0v) is 6.74. The number of carbonyl (C=O) groups excluding carboxylic acids is 1. The molecule has 1 amide bonds. The molecule has 1 aliphatic rings. The highest BCUT2D eigenvalue weighted by atomic mass is 16.4. The number of aliphatic carboxylic acids is 1. The van der Waals surface area contributed by atoms with Gasteiger partial charge in [0.05, 0.1) is 5.94 Å². The highest BCUT2D eigenvalue weighted by Crippen LogP contribution is 2.20. The number of aliphatic hydroxyl groups is 1. The summed E-state index contributed by atoms with van der Waals surface area (Å²) < 4.78 is 0. The van der Waals surface area contributed by atoms with Gasteiger partial charge >= 0.3 is 5.97 Å². The van der Waals surface area contributed by atoms with Crippen molar-refractivity contribution in [1.29, 1.82) is 0 Å². The second kappa shape index (κ2) is 2.55. The van der Waals surface area contributed by atoms with E-state index < -0.39 is 23.4 Å². The Balaban J connectivity index is 3.13. The minimum Gasteiger partial charge on any atom is -0.510 e. The Hall–Kier alpha value is -1.46. The van der Waals surface area contributed by atoms with Crippen molar-refractivity contribution in [1.82, 2.24) is 4.90 Å². The van der Waals surface area contributed by atoms with Gasteiger partial charge in [0.2, 0.25) is 0 Å². The van der Waals surface area contributed by atoms with E-state index in [2.05, 4.69) is 0 Å². The molecule has 1 rings (SSSR count). The molecule has 0 aromatic rings. The Kier molecular flexibility index (Phi) is 1.83. The second-order valence-corrected chi connectivity index (χ2v) is 2.66. The first-order valence-electron chi connectivity index (χ1n) is 3.40. The summed E-state index contributed by atoms with van der Waals surface area (Å²) in [4.78, 5) is 22.7. The quantitative estimate of drug-likeness (QED) is 0.362. The Morgan fingerprint density at radius 3 is 2.33 bits per heavy atom. The predicted octanol–water partition coefficient (Wildman–Crippen LogP) is -1.69. The summed E-state index contributed by atoms with van der Waals surface area (Å²) in [5, 5.41) is 17.7. The first kappa shape index (κ1) is 8.64. The number of carboxylic acids is 1. The molecule has 0 aromatic heterocycles. The van der Waals surface area contributed by atoms with Crippen LogP contribution in [0.15, 0.2) is 11.3 Å². The average Bonchev–Trinajstić information content (AvgIpc) is 2.16. The van der Waals surface area contributed by atoms with E-state index in [1.54, 1.807) is 7.85 Å². The van der Waals surface area contributed by atoms with Gasteiger partial charge < -0.3 is 15.1 Å². The number of aliphatic hydroxyl groups excluding tert-OH is 1. The van der Waals surface area contributed by atoms with Gasteiger partial charge in [-0.2, -0.15) is 0 Å². The lowest BCUT2D eigenvalue weighted by Gasteiger charge is -2.14. The first-order valence-corrected chi connectivity index (χ1v) is 3.40. The fourth-order valence-electron chi connectivity index (χ4n) is 1.06. The topological polar surface area (TPSA) is 77.8 Å². The fraction of sp³-hybridized carbons (Fsp3) is 0.333. The highest BCUT2D eigenvalue weighted by Gasteiger charge is 2.37. The van der Waals surface area contributed by atoms with Crippen molar-refractivity contribution >= 4 is 19.7 Å². The van der Waals surface area contributed by atoms with Crippen LogP contribution in [0, 0.1) is 0 Å². The van der Waals surface area contributed by atoms with Crippen LogP contribution in [-0.4, -0.2) is 47.8 Å². The number of likely N-dealkylation sites (N-methyl/N-ethyl adjacent to an activating group) is 1. The average molecular weight is 169 g/mol. The summed E-state index contributed by atoms with van der Waals surface area (Å²) in [6, 6.07) is 0. The van der Waals surface area contributed by atoms with Crippen LogP contribution in [0.25, 0.3) is 0 Å². The second-order valence-electron chi connectivity index (χ2n) is 2.66. The number of hydrogen-bond acceptors (Lipinski definition) is 3. The monoisotopic (exact) mass is 169 g/mol. The molecule has 12 heavy (non-hydrogen) atoms. The molecule has 5 nitrogen and oxygen atoms in total. The Bertz CT molecular complexity index is 285. The van der Waals surface area contributed by atoms with Crippen LogP contribution in [0.1, 0.15) is 0 Å². The third-order valence-electron chi connectivity index (χ3n) is 1.98. The summed E-state index contributed by atoms with van der Waals surface area (Å²) in [6.07, 6.45) is 0. The maximum absolute atomic E-state index is 11.1. The van der Waals surface area contributed by atoms with Crippen molar-refractivity contribution in [2.24, 2.45) is 0 Å². The lowest BCUT2D eigenvalue weighted by molar-refractivity contribution is -0.136. The number of carbonyl (C=O) groups is 2. The minimum absolute atomic E-state index is 0.366. The Morgan fingerprint density at radius 1 is 1.67 bits per heavy atom. The lowest BCUT2D eigenvalue weighted by Crippen LogP contribution is -2.32. The molecule has 1 heterocycles. The largest absolute Gasteiger partial charge is 0.510 e. The van der Waals surface area contributed by atoms with E-state index >= 15 is 0 Å². The molecule has 1 atom stereocenters. The molecule has 6 heteroatoms. The van der Waals surface area contributed by atoms with E-state index in [0.29, 0.717) is 0 Å². The van der Waals surface area contributed by atoms with E-state index in [9.17, 15) is 14.7 Å². The van der Waals surface area contributed by atoms with Crippen LogP contribution in [-0.2, 0) is 9.59 Å². The van der Waals surface area contributed by atoms with Crippen LogP contribution in [0.4, 0.5) is 0 Å². The van der Waals surface area contributed by atoms with Crippen molar-refractivity contribution in [2.75, 3.05) is 7.05 Å². The molecule has 0 saturated carbocycles. The summed E-state index contributed by atoms with van der Waals surface area (Å²) in [5.74, 6) is -2.93. The molecule has 0 aromatic carbocycles. The fourth-order valence-corrected chi connectivity index (χ4v) is 1.06. The van der Waals surface area contributed by atoms with E-state index in [1.807, 2.05) is 0 Å². The smallest absolute Gasteiger partial charge is 0.344 e. The highest BCUT2D eigenvalue weighted by molar-refractivity contribution is 6.24. The van der Waals surface area contributed by atoms with Crippen LogP contribution < -0.4 is 0 Å². The number of nitrogens with zero attached hydrogens (tertiary/aromatic N) is 1. The molecule has 0 radical (unpaired) electrons. The molecule has 64 valence electrons. The van der Waals surface area contributed by atoms with Gasteiger partial charge in [0.1, 0.15) is 13.6 Å². The Morgan fingerprint density at radius 2 is 2.17 bits per heavy atom. The van der Waals surface area contributed by atoms with Gasteiger partial charge in [0.25, 0.3) is 5.91 Å². The van der Waals surface area contributed by atoms with Gasteiger partial charge in [-0.15, -0.1) is 0 Å². The summed E-state index contributed by atoms with van der Waals surface area (Å²) >= 11 is 0. The van der Waals surface area contributed by atoms with Gasteiger partial charge in [-0.1, -0.05) is 0 Å². The SMILES string of the molecule is BC1C(O)=C(C(=O)O)C(=O)N1C. The summed E-state index contributed by atoms with van der Waals surface area (Å²) in [6.45, 7) is 0. The van der Waals surface area contributed by atoms with Gasteiger partial charge in [-0.25, -0.2) is 4.79 Å². The Labute approximate surface area is 69.7 Å². The van der Waals surface area contributed by atoms with Gasteiger partial charge in [0.15, 0.2) is 5.57 Å². The molecular weight excluding hydrogens is 161 g/mol. The third-order valence-corrected chi connectivity index (χ3v) is 1.98. The summed E-state index contributed by atoms with van der Waals surface area (Å²) in [7, 11) is 3.00. The van der Waals surface area contributed by atoms with E-state index in [1.165, 1.54) is 11.9 Å². The molecule has 2 N–H and O–H groups in total.